The van der Waals surface area contributed by atoms with Crippen LogP contribution in [0.15, 0.2) is 0 Å². The molecular formula is C10H21NO2. The lowest BCUT2D eigenvalue weighted by Gasteiger charge is -2.45. The van der Waals surface area contributed by atoms with Crippen molar-refractivity contribution in [2.24, 2.45) is 0 Å². The van der Waals surface area contributed by atoms with Gasteiger partial charge in [-0.3, -0.25) is 4.90 Å². The summed E-state index contributed by atoms with van der Waals surface area (Å²) in [5, 5.41) is 9.28. The van der Waals surface area contributed by atoms with Crippen LogP contribution in [0.4, 0.5) is 0 Å². The van der Waals surface area contributed by atoms with E-state index >= 15 is 0 Å². The smallest absolute Gasteiger partial charge is 0.0622 e. The minimum Gasteiger partial charge on any atom is -0.394 e. The van der Waals surface area contributed by atoms with Crippen LogP contribution in [0.3, 0.4) is 0 Å². The Kier molecular flexibility index (Phi) is 3.71. The van der Waals surface area contributed by atoms with Gasteiger partial charge in [-0.15, -0.1) is 0 Å². The molecule has 1 rings (SSSR count). The summed E-state index contributed by atoms with van der Waals surface area (Å²) in [7, 11) is 0. The van der Waals surface area contributed by atoms with Crippen LogP contribution in [-0.2, 0) is 4.74 Å². The molecule has 0 aromatic carbocycles. The predicted molar refractivity (Wildman–Crippen MR) is 52.8 cm³/mol. The minimum absolute atomic E-state index is 0.107. The van der Waals surface area contributed by atoms with Crippen molar-refractivity contribution in [2.45, 2.75) is 38.8 Å². The van der Waals surface area contributed by atoms with Gasteiger partial charge in [0.25, 0.3) is 0 Å². The van der Waals surface area contributed by atoms with Gasteiger partial charge in [0.05, 0.1) is 19.8 Å². The molecule has 0 spiro atoms. The second-order valence-electron chi connectivity index (χ2n) is 4.30. The number of rotatable bonds is 3. The van der Waals surface area contributed by atoms with Gasteiger partial charge in [0.1, 0.15) is 0 Å². The monoisotopic (exact) mass is 187 g/mol. The first kappa shape index (κ1) is 11.0. The van der Waals surface area contributed by atoms with Crippen molar-refractivity contribution in [3.63, 3.8) is 0 Å². The van der Waals surface area contributed by atoms with Crippen molar-refractivity contribution >= 4 is 0 Å². The number of aliphatic hydroxyl groups excluding tert-OH is 1. The van der Waals surface area contributed by atoms with E-state index in [9.17, 15) is 5.11 Å². The Morgan fingerprint density at radius 2 is 2.23 bits per heavy atom. The van der Waals surface area contributed by atoms with Crippen molar-refractivity contribution in [2.75, 3.05) is 26.4 Å². The van der Waals surface area contributed by atoms with Crippen LogP contribution in [0.25, 0.3) is 0 Å². The van der Waals surface area contributed by atoms with Gasteiger partial charge < -0.3 is 9.84 Å². The zero-order chi connectivity index (χ0) is 9.90. The Hall–Kier alpha value is -0.120. The maximum atomic E-state index is 9.28. The van der Waals surface area contributed by atoms with E-state index in [0.29, 0.717) is 6.04 Å². The molecule has 0 saturated carbocycles. The van der Waals surface area contributed by atoms with Crippen molar-refractivity contribution in [1.29, 1.82) is 0 Å². The molecule has 1 N–H and O–H groups in total. The van der Waals surface area contributed by atoms with Gasteiger partial charge in [-0.25, -0.2) is 0 Å². The molecule has 1 unspecified atom stereocenters. The quantitative estimate of drug-likeness (QED) is 0.711. The summed E-state index contributed by atoms with van der Waals surface area (Å²) in [6.45, 7) is 9.08. The van der Waals surface area contributed by atoms with Gasteiger partial charge in [-0.05, 0) is 20.3 Å². The Morgan fingerprint density at radius 1 is 1.54 bits per heavy atom. The van der Waals surface area contributed by atoms with E-state index in [1.165, 1.54) is 0 Å². The maximum absolute atomic E-state index is 9.28. The van der Waals surface area contributed by atoms with Crippen LogP contribution in [0.2, 0.25) is 0 Å². The number of morpholine rings is 1. The summed E-state index contributed by atoms with van der Waals surface area (Å²) < 4.78 is 5.42. The molecule has 0 aliphatic carbocycles. The van der Waals surface area contributed by atoms with Crippen molar-refractivity contribution in [3.05, 3.63) is 0 Å². The standard InChI is InChI=1S/C10H21NO2/c1-4-9-7-13-6-5-11(9)10(2,3)8-12/h9,12H,4-8H2,1-3H3. The van der Waals surface area contributed by atoms with Gasteiger partial charge in [-0.2, -0.15) is 0 Å². The van der Waals surface area contributed by atoms with Crippen LogP contribution < -0.4 is 0 Å². The summed E-state index contributed by atoms with van der Waals surface area (Å²) >= 11 is 0. The third-order valence-corrected chi connectivity index (χ3v) is 2.86. The highest BCUT2D eigenvalue weighted by Gasteiger charge is 2.33. The third-order valence-electron chi connectivity index (χ3n) is 2.86. The molecule has 0 aromatic rings. The lowest BCUT2D eigenvalue weighted by Crippen LogP contribution is -2.57. The summed E-state index contributed by atoms with van der Waals surface area (Å²) in [6.07, 6.45) is 1.09. The Labute approximate surface area is 80.7 Å². The Morgan fingerprint density at radius 3 is 2.77 bits per heavy atom. The highest BCUT2D eigenvalue weighted by atomic mass is 16.5. The maximum Gasteiger partial charge on any atom is 0.0622 e. The van der Waals surface area contributed by atoms with Gasteiger partial charge in [0, 0.05) is 18.1 Å². The van der Waals surface area contributed by atoms with Crippen LogP contribution >= 0.6 is 0 Å². The van der Waals surface area contributed by atoms with E-state index in [2.05, 4.69) is 25.7 Å². The summed E-state index contributed by atoms with van der Waals surface area (Å²) in [6, 6.07) is 0.468. The zero-order valence-corrected chi connectivity index (χ0v) is 8.92. The Bertz CT molecular complexity index is 159. The van der Waals surface area contributed by atoms with Crippen molar-refractivity contribution in [3.8, 4) is 0 Å². The SMILES string of the molecule is CCC1COCCN1C(C)(C)CO. The molecule has 1 fully saturated rings. The molecule has 0 radical (unpaired) electrons. The van der Waals surface area contributed by atoms with Crippen LogP contribution in [-0.4, -0.2) is 48.0 Å². The second kappa shape index (κ2) is 4.40. The minimum atomic E-state index is -0.107. The van der Waals surface area contributed by atoms with Crippen molar-refractivity contribution in [1.82, 2.24) is 4.90 Å². The zero-order valence-electron chi connectivity index (χ0n) is 8.92. The molecule has 13 heavy (non-hydrogen) atoms. The molecule has 1 heterocycles. The van der Waals surface area contributed by atoms with Crippen LogP contribution in [0.5, 0.6) is 0 Å². The molecular weight excluding hydrogens is 166 g/mol. The normalized spacial score (nSPS) is 26.3. The molecule has 3 nitrogen and oxygen atoms in total. The van der Waals surface area contributed by atoms with E-state index < -0.39 is 0 Å². The highest BCUT2D eigenvalue weighted by molar-refractivity contribution is 4.87. The fourth-order valence-corrected chi connectivity index (χ4v) is 1.88. The largest absolute Gasteiger partial charge is 0.394 e. The molecule has 0 amide bonds. The molecule has 3 heteroatoms. The second-order valence-corrected chi connectivity index (χ2v) is 4.30. The van der Waals surface area contributed by atoms with E-state index in [0.717, 1.165) is 26.2 Å². The molecule has 0 aromatic heterocycles. The molecule has 78 valence electrons. The van der Waals surface area contributed by atoms with Crippen LogP contribution in [0, 0.1) is 0 Å². The molecule has 1 aliphatic rings. The summed E-state index contributed by atoms with van der Waals surface area (Å²) in [5.74, 6) is 0. The van der Waals surface area contributed by atoms with Gasteiger partial charge >= 0.3 is 0 Å². The van der Waals surface area contributed by atoms with Crippen LogP contribution in [0.1, 0.15) is 27.2 Å². The summed E-state index contributed by atoms with van der Waals surface area (Å²) in [5.41, 5.74) is -0.107. The number of hydrogen-bond donors (Lipinski definition) is 1. The third kappa shape index (κ3) is 2.42. The molecule has 1 atom stereocenters. The first-order chi connectivity index (χ1) is 6.11. The van der Waals surface area contributed by atoms with Gasteiger partial charge in [0.2, 0.25) is 0 Å². The predicted octanol–water partition coefficient (Wildman–Crippen LogP) is 0.868. The molecule has 0 bridgehead atoms. The van der Waals surface area contributed by atoms with E-state index in [4.69, 9.17) is 4.74 Å². The number of nitrogens with zero attached hydrogens (tertiary/aromatic N) is 1. The number of hydrogen-bond acceptors (Lipinski definition) is 3. The molecule has 1 aliphatic heterocycles. The molecule has 1 saturated heterocycles. The van der Waals surface area contributed by atoms with Crippen molar-refractivity contribution < 1.29 is 9.84 Å². The topological polar surface area (TPSA) is 32.7 Å². The lowest BCUT2D eigenvalue weighted by atomic mass is 9.99. The average Bonchev–Trinajstić information content (AvgIpc) is 2.18. The van der Waals surface area contributed by atoms with E-state index in [-0.39, 0.29) is 12.1 Å². The van der Waals surface area contributed by atoms with E-state index in [1.807, 2.05) is 0 Å². The average molecular weight is 187 g/mol. The number of ether oxygens (including phenoxy) is 1. The Balaban J connectivity index is 2.63. The van der Waals surface area contributed by atoms with Gasteiger partial charge in [-0.1, -0.05) is 6.92 Å². The van der Waals surface area contributed by atoms with E-state index in [1.54, 1.807) is 0 Å². The fourth-order valence-electron chi connectivity index (χ4n) is 1.88. The number of aliphatic hydroxyl groups is 1. The first-order valence-electron chi connectivity index (χ1n) is 5.07. The van der Waals surface area contributed by atoms with Gasteiger partial charge in [0.15, 0.2) is 0 Å². The first-order valence-corrected chi connectivity index (χ1v) is 5.07. The fraction of sp³-hybridized carbons (Fsp3) is 1.00. The lowest BCUT2D eigenvalue weighted by molar-refractivity contribution is -0.0701. The summed E-state index contributed by atoms with van der Waals surface area (Å²) in [4.78, 5) is 2.36. The highest BCUT2D eigenvalue weighted by Crippen LogP contribution is 2.21.